The van der Waals surface area contributed by atoms with Gasteiger partial charge in [0.05, 0.1) is 18.5 Å². The van der Waals surface area contributed by atoms with Crippen LogP contribution in [0.15, 0.2) is 12.3 Å². The molecule has 0 aliphatic rings. The van der Waals surface area contributed by atoms with E-state index >= 15 is 0 Å². The molecule has 0 atom stereocenters. The van der Waals surface area contributed by atoms with Crippen molar-refractivity contribution >= 4 is 17.5 Å². The Bertz CT molecular complexity index is 504. The first-order valence-corrected chi connectivity index (χ1v) is 6.41. The molecule has 0 saturated heterocycles. The molecule has 0 aromatic carbocycles. The van der Waals surface area contributed by atoms with Crippen LogP contribution in [0.4, 0.5) is 24.7 Å². The number of nitrogen functional groups attached to an aromatic ring is 1. The predicted molar refractivity (Wildman–Crippen MR) is 73.1 cm³/mol. The molecule has 0 fully saturated rings. The molecule has 0 unspecified atom stereocenters. The van der Waals surface area contributed by atoms with Crippen LogP contribution in [-0.2, 0) is 4.74 Å². The van der Waals surface area contributed by atoms with Crippen LogP contribution >= 0.6 is 0 Å². The SMILES string of the molecule is CCOC(=O)c1cc(N)cnc1N(CC(F)(F)F)C(C)C. The molecular weight excluding hydrogens is 287 g/mol. The van der Waals surface area contributed by atoms with E-state index in [1.807, 2.05) is 0 Å². The summed E-state index contributed by atoms with van der Waals surface area (Å²) in [5.41, 5.74) is 5.66. The highest BCUT2D eigenvalue weighted by molar-refractivity contribution is 5.95. The van der Waals surface area contributed by atoms with Gasteiger partial charge in [-0.05, 0) is 26.8 Å². The van der Waals surface area contributed by atoms with Crippen molar-refractivity contribution in [2.75, 3.05) is 23.8 Å². The zero-order valence-electron chi connectivity index (χ0n) is 12.1. The van der Waals surface area contributed by atoms with Crippen molar-refractivity contribution in [2.45, 2.75) is 33.0 Å². The lowest BCUT2D eigenvalue weighted by atomic mass is 10.2. The van der Waals surface area contributed by atoms with Crippen LogP contribution in [0.25, 0.3) is 0 Å². The molecular formula is C13H18F3N3O2. The van der Waals surface area contributed by atoms with E-state index in [2.05, 4.69) is 4.98 Å². The molecule has 0 aliphatic heterocycles. The molecule has 0 saturated carbocycles. The molecule has 8 heteroatoms. The third-order valence-electron chi connectivity index (χ3n) is 2.63. The van der Waals surface area contributed by atoms with E-state index in [1.165, 1.54) is 12.3 Å². The van der Waals surface area contributed by atoms with E-state index in [0.29, 0.717) is 0 Å². The molecule has 5 nitrogen and oxygen atoms in total. The first kappa shape index (κ1) is 17.1. The number of nitrogens with two attached hydrogens (primary N) is 1. The molecule has 1 rings (SSSR count). The minimum absolute atomic E-state index is 0.0743. The number of ether oxygens (including phenoxy) is 1. The maximum absolute atomic E-state index is 12.7. The smallest absolute Gasteiger partial charge is 0.405 e. The number of alkyl halides is 3. The molecule has 0 bridgehead atoms. The second kappa shape index (κ2) is 6.64. The average molecular weight is 305 g/mol. The Balaban J connectivity index is 3.27. The molecule has 0 spiro atoms. The summed E-state index contributed by atoms with van der Waals surface area (Å²) in [5.74, 6) is -0.838. The number of nitrogens with zero attached hydrogens (tertiary/aromatic N) is 2. The minimum Gasteiger partial charge on any atom is -0.462 e. The quantitative estimate of drug-likeness (QED) is 0.847. The van der Waals surface area contributed by atoms with E-state index < -0.39 is 24.7 Å². The Labute approximate surface area is 120 Å². The van der Waals surface area contributed by atoms with Gasteiger partial charge in [-0.25, -0.2) is 9.78 Å². The third-order valence-corrected chi connectivity index (χ3v) is 2.63. The zero-order valence-corrected chi connectivity index (χ0v) is 12.1. The number of carbonyl (C=O) groups excluding carboxylic acids is 1. The largest absolute Gasteiger partial charge is 0.462 e. The van der Waals surface area contributed by atoms with E-state index in [9.17, 15) is 18.0 Å². The highest BCUT2D eigenvalue weighted by atomic mass is 19.4. The van der Waals surface area contributed by atoms with Gasteiger partial charge in [-0.2, -0.15) is 13.2 Å². The molecule has 118 valence electrons. The number of hydrogen-bond acceptors (Lipinski definition) is 5. The fourth-order valence-corrected chi connectivity index (χ4v) is 1.76. The molecule has 0 aliphatic carbocycles. The van der Waals surface area contributed by atoms with Crippen molar-refractivity contribution in [3.05, 3.63) is 17.8 Å². The minimum atomic E-state index is -4.42. The highest BCUT2D eigenvalue weighted by Crippen LogP contribution is 2.27. The summed E-state index contributed by atoms with van der Waals surface area (Å²) >= 11 is 0. The van der Waals surface area contributed by atoms with Crippen molar-refractivity contribution in [1.29, 1.82) is 0 Å². The summed E-state index contributed by atoms with van der Waals surface area (Å²) < 4.78 is 42.9. The van der Waals surface area contributed by atoms with Gasteiger partial charge in [0.15, 0.2) is 0 Å². The Morgan fingerprint density at radius 1 is 1.48 bits per heavy atom. The second-order valence-electron chi connectivity index (χ2n) is 4.70. The second-order valence-corrected chi connectivity index (χ2v) is 4.70. The lowest BCUT2D eigenvalue weighted by Gasteiger charge is -2.30. The van der Waals surface area contributed by atoms with Gasteiger partial charge in [0.1, 0.15) is 17.9 Å². The van der Waals surface area contributed by atoms with Crippen molar-refractivity contribution in [2.24, 2.45) is 0 Å². The monoisotopic (exact) mass is 305 g/mol. The van der Waals surface area contributed by atoms with Gasteiger partial charge < -0.3 is 15.4 Å². The lowest BCUT2D eigenvalue weighted by molar-refractivity contribution is -0.120. The molecule has 2 N–H and O–H groups in total. The highest BCUT2D eigenvalue weighted by Gasteiger charge is 2.34. The van der Waals surface area contributed by atoms with Gasteiger partial charge in [0.25, 0.3) is 0 Å². The summed E-state index contributed by atoms with van der Waals surface area (Å²) in [6.45, 7) is 3.66. The van der Waals surface area contributed by atoms with Crippen LogP contribution in [0.2, 0.25) is 0 Å². The van der Waals surface area contributed by atoms with Gasteiger partial charge >= 0.3 is 12.1 Å². The van der Waals surface area contributed by atoms with E-state index in [0.717, 1.165) is 4.90 Å². The fourth-order valence-electron chi connectivity index (χ4n) is 1.76. The Hall–Kier alpha value is -1.99. The number of anilines is 2. The molecule has 0 amide bonds. The van der Waals surface area contributed by atoms with Gasteiger partial charge in [-0.15, -0.1) is 0 Å². The molecule has 21 heavy (non-hydrogen) atoms. The summed E-state index contributed by atoms with van der Waals surface area (Å²) in [6, 6.07) is 0.766. The van der Waals surface area contributed by atoms with E-state index in [4.69, 9.17) is 10.5 Å². The molecule has 1 aromatic heterocycles. The maximum atomic E-state index is 12.7. The first-order valence-electron chi connectivity index (χ1n) is 6.41. The maximum Gasteiger partial charge on any atom is 0.405 e. The number of carbonyl (C=O) groups is 1. The third kappa shape index (κ3) is 4.80. The lowest BCUT2D eigenvalue weighted by Crippen LogP contribution is -2.40. The number of aromatic nitrogens is 1. The van der Waals surface area contributed by atoms with E-state index in [-0.39, 0.29) is 23.7 Å². The number of hydrogen-bond donors (Lipinski definition) is 1. The van der Waals surface area contributed by atoms with Gasteiger partial charge in [0.2, 0.25) is 0 Å². The summed E-state index contributed by atoms with van der Waals surface area (Å²) in [6.07, 6.45) is -3.21. The fraction of sp³-hybridized carbons (Fsp3) is 0.538. The molecule has 1 aromatic rings. The van der Waals surface area contributed by atoms with Crippen molar-refractivity contribution in [1.82, 2.24) is 4.98 Å². The van der Waals surface area contributed by atoms with Crippen LogP contribution in [0.5, 0.6) is 0 Å². The summed E-state index contributed by atoms with van der Waals surface area (Å²) in [4.78, 5) is 16.8. The number of rotatable bonds is 5. The first-order chi connectivity index (χ1) is 9.65. The number of halogens is 3. The summed E-state index contributed by atoms with van der Waals surface area (Å²) in [7, 11) is 0. The van der Waals surface area contributed by atoms with Crippen LogP contribution in [0, 0.1) is 0 Å². The van der Waals surface area contributed by atoms with E-state index in [1.54, 1.807) is 20.8 Å². The van der Waals surface area contributed by atoms with Gasteiger partial charge in [-0.3, -0.25) is 0 Å². The predicted octanol–water partition coefficient (Wildman–Crippen LogP) is 2.62. The van der Waals surface area contributed by atoms with Crippen LogP contribution in [0.3, 0.4) is 0 Å². The zero-order chi connectivity index (χ0) is 16.2. The van der Waals surface area contributed by atoms with Crippen molar-refractivity contribution < 1.29 is 22.7 Å². The molecule has 0 radical (unpaired) electrons. The Kier molecular flexibility index (Phi) is 5.40. The molecule has 1 heterocycles. The Morgan fingerprint density at radius 2 is 2.10 bits per heavy atom. The normalized spacial score (nSPS) is 11.6. The van der Waals surface area contributed by atoms with Crippen molar-refractivity contribution in [3.8, 4) is 0 Å². The van der Waals surface area contributed by atoms with Crippen molar-refractivity contribution in [3.63, 3.8) is 0 Å². The van der Waals surface area contributed by atoms with Gasteiger partial charge in [0, 0.05) is 6.04 Å². The van der Waals surface area contributed by atoms with Crippen LogP contribution in [-0.4, -0.2) is 36.3 Å². The summed E-state index contributed by atoms with van der Waals surface area (Å²) in [5, 5.41) is 0. The topological polar surface area (TPSA) is 68.5 Å². The average Bonchev–Trinajstić information content (AvgIpc) is 2.35. The Morgan fingerprint density at radius 3 is 2.57 bits per heavy atom. The van der Waals surface area contributed by atoms with Crippen LogP contribution < -0.4 is 10.6 Å². The number of esters is 1. The van der Waals surface area contributed by atoms with Crippen LogP contribution in [0.1, 0.15) is 31.1 Å². The standard InChI is InChI=1S/C13H18F3N3O2/c1-4-21-12(20)10-5-9(17)6-18-11(10)19(8(2)3)7-13(14,15)16/h5-6,8H,4,7,17H2,1-3H3. The number of pyridine rings is 1. The van der Waals surface area contributed by atoms with Gasteiger partial charge in [-0.1, -0.05) is 0 Å².